The number of hydrogen-bond donors (Lipinski definition) is 3. The smallest absolute Gasteiger partial charge is 0.222 e. The quantitative estimate of drug-likeness (QED) is 0.561. The first kappa shape index (κ1) is 17.6. The lowest BCUT2D eigenvalue weighted by Gasteiger charge is -2.13. The topological polar surface area (TPSA) is 70.6 Å². The molecular formula is C16H26N2O3. The second kappa shape index (κ2) is 10.3. The van der Waals surface area contributed by atoms with Crippen molar-refractivity contribution in [1.82, 2.24) is 10.6 Å². The van der Waals surface area contributed by atoms with E-state index in [4.69, 9.17) is 4.74 Å². The third-order valence-corrected chi connectivity index (χ3v) is 2.93. The Bertz CT molecular complexity index is 396. The Morgan fingerprint density at radius 1 is 1.24 bits per heavy atom. The molecule has 0 aromatic heterocycles. The van der Waals surface area contributed by atoms with E-state index in [9.17, 15) is 9.90 Å². The Labute approximate surface area is 126 Å². The molecule has 1 aromatic rings. The van der Waals surface area contributed by atoms with E-state index >= 15 is 0 Å². The van der Waals surface area contributed by atoms with Crippen LogP contribution in [-0.2, 0) is 16.1 Å². The number of nitrogens with one attached hydrogen (secondary N) is 2. The molecule has 0 heterocycles. The number of ether oxygens (including phenoxy) is 1. The fourth-order valence-corrected chi connectivity index (χ4v) is 1.69. The molecule has 1 amide bonds. The molecule has 5 nitrogen and oxygen atoms in total. The number of aliphatic hydroxyl groups is 1. The molecule has 1 unspecified atom stereocenters. The summed E-state index contributed by atoms with van der Waals surface area (Å²) in [6, 6.07) is 9.86. The van der Waals surface area contributed by atoms with Gasteiger partial charge in [-0.25, -0.2) is 0 Å². The highest BCUT2D eigenvalue weighted by Crippen LogP contribution is 2.00. The number of carbonyl (C=O) groups is 1. The van der Waals surface area contributed by atoms with Crippen LogP contribution in [0.1, 0.15) is 19.4 Å². The van der Waals surface area contributed by atoms with E-state index in [1.807, 2.05) is 44.2 Å². The minimum absolute atomic E-state index is 0.00183. The summed E-state index contributed by atoms with van der Waals surface area (Å²) < 4.78 is 5.45. The number of hydrogen-bond acceptors (Lipinski definition) is 4. The fraction of sp³-hybridized carbons (Fsp3) is 0.562. The van der Waals surface area contributed by atoms with Crippen molar-refractivity contribution in [2.45, 2.75) is 26.6 Å². The maximum atomic E-state index is 11.3. The van der Waals surface area contributed by atoms with Gasteiger partial charge in [0.15, 0.2) is 0 Å². The van der Waals surface area contributed by atoms with Gasteiger partial charge in [-0.2, -0.15) is 0 Å². The van der Waals surface area contributed by atoms with Gasteiger partial charge in [-0.15, -0.1) is 0 Å². The molecule has 0 saturated carbocycles. The molecule has 0 aliphatic carbocycles. The summed E-state index contributed by atoms with van der Waals surface area (Å²) in [7, 11) is 0. The Hall–Kier alpha value is -1.43. The predicted molar refractivity (Wildman–Crippen MR) is 82.8 cm³/mol. The summed E-state index contributed by atoms with van der Waals surface area (Å²) in [5, 5.41) is 15.6. The van der Waals surface area contributed by atoms with Crippen LogP contribution in [0.15, 0.2) is 30.3 Å². The van der Waals surface area contributed by atoms with E-state index in [-0.39, 0.29) is 11.8 Å². The van der Waals surface area contributed by atoms with Crippen molar-refractivity contribution >= 4 is 5.91 Å². The monoisotopic (exact) mass is 294 g/mol. The minimum atomic E-state index is -0.547. The molecule has 0 bridgehead atoms. The van der Waals surface area contributed by atoms with Crippen molar-refractivity contribution in [3.63, 3.8) is 0 Å². The van der Waals surface area contributed by atoms with Crippen molar-refractivity contribution in [3.8, 4) is 0 Å². The van der Waals surface area contributed by atoms with Crippen molar-refractivity contribution in [2.75, 3.05) is 26.2 Å². The van der Waals surface area contributed by atoms with E-state index in [0.29, 0.717) is 32.8 Å². The highest BCUT2D eigenvalue weighted by Gasteiger charge is 2.06. The Morgan fingerprint density at radius 2 is 1.95 bits per heavy atom. The van der Waals surface area contributed by atoms with E-state index in [2.05, 4.69) is 10.6 Å². The second-order valence-corrected chi connectivity index (χ2v) is 5.30. The molecule has 0 saturated heterocycles. The van der Waals surface area contributed by atoms with Crippen molar-refractivity contribution in [3.05, 3.63) is 35.9 Å². The average molecular weight is 294 g/mol. The van der Waals surface area contributed by atoms with Crippen LogP contribution in [0, 0.1) is 5.92 Å². The van der Waals surface area contributed by atoms with Gasteiger partial charge >= 0.3 is 0 Å². The molecule has 1 rings (SSSR count). The summed E-state index contributed by atoms with van der Waals surface area (Å²) >= 11 is 0. The minimum Gasteiger partial charge on any atom is -0.389 e. The summed E-state index contributed by atoms with van der Waals surface area (Å²) in [5.41, 5.74) is 1.09. The van der Waals surface area contributed by atoms with Crippen molar-refractivity contribution in [1.29, 1.82) is 0 Å². The van der Waals surface area contributed by atoms with Crippen LogP contribution < -0.4 is 10.6 Å². The van der Waals surface area contributed by atoms with Gasteiger partial charge in [0.25, 0.3) is 0 Å². The first-order chi connectivity index (χ1) is 10.1. The van der Waals surface area contributed by atoms with Crippen LogP contribution in [0.3, 0.4) is 0 Å². The first-order valence-electron chi connectivity index (χ1n) is 7.37. The first-order valence-corrected chi connectivity index (χ1v) is 7.37. The van der Waals surface area contributed by atoms with Crippen molar-refractivity contribution < 1.29 is 14.6 Å². The molecule has 0 fully saturated rings. The van der Waals surface area contributed by atoms with Crippen LogP contribution >= 0.6 is 0 Å². The molecule has 5 heteroatoms. The van der Waals surface area contributed by atoms with Crippen LogP contribution in [0.25, 0.3) is 0 Å². The normalized spacial score (nSPS) is 12.4. The van der Waals surface area contributed by atoms with E-state index < -0.39 is 6.10 Å². The van der Waals surface area contributed by atoms with Gasteiger partial charge in [-0.3, -0.25) is 4.79 Å². The molecule has 0 spiro atoms. The number of carbonyl (C=O) groups excluding carboxylic acids is 1. The number of benzene rings is 1. The Morgan fingerprint density at radius 3 is 2.62 bits per heavy atom. The molecule has 1 aromatic carbocycles. The van der Waals surface area contributed by atoms with Gasteiger partial charge in [-0.1, -0.05) is 44.2 Å². The van der Waals surface area contributed by atoms with E-state index in [1.54, 1.807) is 0 Å². The van der Waals surface area contributed by atoms with E-state index in [0.717, 1.165) is 5.56 Å². The van der Waals surface area contributed by atoms with Gasteiger partial charge in [0, 0.05) is 25.6 Å². The zero-order chi connectivity index (χ0) is 15.5. The number of aliphatic hydroxyl groups excluding tert-OH is 1. The fourth-order valence-electron chi connectivity index (χ4n) is 1.69. The lowest BCUT2D eigenvalue weighted by atomic mass is 10.2. The molecule has 1 atom stereocenters. The summed E-state index contributed by atoms with van der Waals surface area (Å²) in [6.07, 6.45) is -0.547. The second-order valence-electron chi connectivity index (χ2n) is 5.30. The van der Waals surface area contributed by atoms with Crippen LogP contribution in [0.2, 0.25) is 0 Å². The largest absolute Gasteiger partial charge is 0.389 e. The maximum Gasteiger partial charge on any atom is 0.222 e. The highest BCUT2D eigenvalue weighted by molar-refractivity contribution is 5.77. The zero-order valence-electron chi connectivity index (χ0n) is 12.8. The molecule has 3 N–H and O–H groups in total. The Balaban J connectivity index is 1.99. The molecule has 21 heavy (non-hydrogen) atoms. The van der Waals surface area contributed by atoms with E-state index in [1.165, 1.54) is 0 Å². The lowest BCUT2D eigenvalue weighted by Crippen LogP contribution is -2.37. The van der Waals surface area contributed by atoms with Crippen LogP contribution in [0.5, 0.6) is 0 Å². The zero-order valence-corrected chi connectivity index (χ0v) is 12.8. The number of rotatable bonds is 10. The molecule has 118 valence electrons. The third-order valence-electron chi connectivity index (χ3n) is 2.93. The number of amides is 1. The summed E-state index contributed by atoms with van der Waals surface area (Å²) in [4.78, 5) is 11.3. The van der Waals surface area contributed by atoms with Gasteiger partial charge in [-0.05, 0) is 5.56 Å². The van der Waals surface area contributed by atoms with Gasteiger partial charge in [0.2, 0.25) is 5.91 Å². The SMILES string of the molecule is CC(C)C(=O)NCCNCC(O)COCc1ccccc1. The van der Waals surface area contributed by atoms with Crippen molar-refractivity contribution in [2.24, 2.45) is 5.92 Å². The van der Waals surface area contributed by atoms with Gasteiger partial charge < -0.3 is 20.5 Å². The predicted octanol–water partition coefficient (Wildman–Crippen LogP) is 0.926. The average Bonchev–Trinajstić information content (AvgIpc) is 2.47. The van der Waals surface area contributed by atoms with Gasteiger partial charge in [0.1, 0.15) is 0 Å². The summed E-state index contributed by atoms with van der Waals surface area (Å²) in [5.74, 6) is 0.0468. The molecule has 0 aliphatic rings. The van der Waals surface area contributed by atoms with Crippen LogP contribution in [0.4, 0.5) is 0 Å². The van der Waals surface area contributed by atoms with Gasteiger partial charge in [0.05, 0.1) is 19.3 Å². The molecule has 0 radical (unpaired) electrons. The highest BCUT2D eigenvalue weighted by atomic mass is 16.5. The van der Waals surface area contributed by atoms with Crippen LogP contribution in [-0.4, -0.2) is 43.4 Å². The standard InChI is InChI=1S/C16H26N2O3/c1-13(2)16(20)18-9-8-17-10-15(19)12-21-11-14-6-4-3-5-7-14/h3-7,13,15,17,19H,8-12H2,1-2H3,(H,18,20). The Kier molecular flexibility index (Phi) is 8.66. The lowest BCUT2D eigenvalue weighted by molar-refractivity contribution is -0.123. The molecule has 0 aliphatic heterocycles. The third kappa shape index (κ3) is 8.45. The maximum absolute atomic E-state index is 11.3. The molecular weight excluding hydrogens is 268 g/mol. The summed E-state index contributed by atoms with van der Waals surface area (Å²) in [6.45, 7) is 6.16.